The summed E-state index contributed by atoms with van der Waals surface area (Å²) < 4.78 is 43.6. The van der Waals surface area contributed by atoms with Crippen LogP contribution in [0.4, 0.5) is 19.0 Å². The molecule has 0 spiro atoms. The zero-order valence-corrected chi connectivity index (χ0v) is 12.2. The van der Waals surface area contributed by atoms with E-state index in [1.807, 2.05) is 6.92 Å². The van der Waals surface area contributed by atoms with Crippen LogP contribution >= 0.6 is 12.2 Å². The van der Waals surface area contributed by atoms with Gasteiger partial charge in [-0.05, 0) is 25.5 Å². The molecule has 8 heteroatoms. The topological polar surface area (TPSA) is 60.2 Å². The molecule has 0 radical (unpaired) electrons. The summed E-state index contributed by atoms with van der Waals surface area (Å²) in [7, 11) is 0. The van der Waals surface area contributed by atoms with Crippen molar-refractivity contribution >= 4 is 23.0 Å². The van der Waals surface area contributed by atoms with Crippen LogP contribution in [0.5, 0.6) is 0 Å². The number of hydrogen-bond donors (Lipinski definition) is 2. The number of aromatic nitrogens is 1. The number of anilines is 1. The molecule has 1 fully saturated rings. The van der Waals surface area contributed by atoms with Crippen LogP contribution in [-0.2, 0) is 10.9 Å². The molecule has 1 saturated heterocycles. The molecular formula is C13H16F3N3OS. The van der Waals surface area contributed by atoms with Gasteiger partial charge in [0.25, 0.3) is 0 Å². The third-order valence-corrected chi connectivity index (χ3v) is 3.74. The van der Waals surface area contributed by atoms with Crippen LogP contribution in [0, 0.1) is 5.92 Å². The van der Waals surface area contributed by atoms with E-state index in [2.05, 4.69) is 10.3 Å². The number of alkyl halides is 3. The van der Waals surface area contributed by atoms with E-state index in [9.17, 15) is 13.2 Å². The molecule has 3 N–H and O–H groups in total. The molecule has 2 rings (SSSR count). The van der Waals surface area contributed by atoms with E-state index in [-0.39, 0.29) is 22.8 Å². The molecule has 2 heterocycles. The summed E-state index contributed by atoms with van der Waals surface area (Å²) in [4.78, 5) is 3.62. The minimum absolute atomic E-state index is 0.00875. The van der Waals surface area contributed by atoms with E-state index in [1.54, 1.807) is 0 Å². The van der Waals surface area contributed by atoms with Gasteiger partial charge in [-0.15, -0.1) is 0 Å². The lowest BCUT2D eigenvalue weighted by Crippen LogP contribution is -2.24. The summed E-state index contributed by atoms with van der Waals surface area (Å²) in [6.45, 7) is 3.06. The molecule has 1 aromatic heterocycles. The highest BCUT2D eigenvalue weighted by Gasteiger charge is 2.33. The van der Waals surface area contributed by atoms with Gasteiger partial charge in [0.15, 0.2) is 0 Å². The van der Waals surface area contributed by atoms with Crippen molar-refractivity contribution in [3.63, 3.8) is 0 Å². The molecule has 116 valence electrons. The monoisotopic (exact) mass is 319 g/mol. The number of hydrogen-bond acceptors (Lipinski definition) is 4. The lowest BCUT2D eigenvalue weighted by molar-refractivity contribution is -0.141. The van der Waals surface area contributed by atoms with Gasteiger partial charge in [0.05, 0.1) is 11.7 Å². The zero-order chi connectivity index (χ0) is 15.6. The van der Waals surface area contributed by atoms with Crippen LogP contribution in [0.25, 0.3) is 0 Å². The minimum Gasteiger partial charge on any atom is -0.389 e. The van der Waals surface area contributed by atoms with Gasteiger partial charge in [0.1, 0.15) is 16.5 Å². The number of ether oxygens (including phenoxy) is 1. The smallest absolute Gasteiger partial charge is 0.389 e. The maximum Gasteiger partial charge on any atom is 0.433 e. The number of nitrogens with two attached hydrogens (primary N) is 1. The number of halogens is 3. The second-order valence-corrected chi connectivity index (χ2v) is 5.40. The molecule has 2 unspecified atom stereocenters. The first-order valence-electron chi connectivity index (χ1n) is 6.52. The van der Waals surface area contributed by atoms with Crippen LogP contribution in [-0.4, -0.2) is 29.2 Å². The number of nitrogens with zero attached hydrogens (tertiary/aromatic N) is 1. The molecule has 0 amide bonds. The molecule has 21 heavy (non-hydrogen) atoms. The first-order valence-corrected chi connectivity index (χ1v) is 6.93. The van der Waals surface area contributed by atoms with Crippen molar-refractivity contribution in [2.45, 2.75) is 25.6 Å². The summed E-state index contributed by atoms with van der Waals surface area (Å²) in [5.74, 6) is 0.289. The molecule has 2 atom stereocenters. The second-order valence-electron chi connectivity index (χ2n) is 4.96. The van der Waals surface area contributed by atoms with Gasteiger partial charge in [-0.2, -0.15) is 13.2 Å². The Bertz CT molecular complexity index is 536. The Hall–Kier alpha value is -1.41. The molecule has 1 aliphatic heterocycles. The maximum atomic E-state index is 12.7. The van der Waals surface area contributed by atoms with Crippen LogP contribution in [0.2, 0.25) is 0 Å². The number of pyridine rings is 1. The Morgan fingerprint density at radius 1 is 1.52 bits per heavy atom. The lowest BCUT2D eigenvalue weighted by Gasteiger charge is -2.18. The summed E-state index contributed by atoms with van der Waals surface area (Å²) in [6.07, 6.45) is -3.58. The highest BCUT2D eigenvalue weighted by Crippen LogP contribution is 2.30. The fraction of sp³-hybridized carbons (Fsp3) is 0.538. The Labute approximate surface area is 125 Å². The summed E-state index contributed by atoms with van der Waals surface area (Å²) >= 11 is 4.85. The van der Waals surface area contributed by atoms with Gasteiger partial charge >= 0.3 is 6.18 Å². The predicted octanol–water partition coefficient (Wildman–Crippen LogP) is 2.57. The van der Waals surface area contributed by atoms with Crippen LogP contribution < -0.4 is 11.1 Å². The molecule has 0 saturated carbocycles. The molecule has 0 aliphatic carbocycles. The molecule has 0 aromatic carbocycles. The number of thiocarbonyl (C=S) groups is 1. The van der Waals surface area contributed by atoms with Crippen molar-refractivity contribution in [1.82, 2.24) is 4.98 Å². The van der Waals surface area contributed by atoms with E-state index in [4.69, 9.17) is 22.7 Å². The van der Waals surface area contributed by atoms with Gasteiger partial charge in [0.2, 0.25) is 0 Å². The highest BCUT2D eigenvalue weighted by atomic mass is 32.1. The van der Waals surface area contributed by atoms with Crippen molar-refractivity contribution in [2.24, 2.45) is 11.7 Å². The third-order valence-electron chi connectivity index (χ3n) is 3.52. The predicted molar refractivity (Wildman–Crippen MR) is 77.1 cm³/mol. The van der Waals surface area contributed by atoms with E-state index in [0.29, 0.717) is 18.7 Å². The van der Waals surface area contributed by atoms with Crippen molar-refractivity contribution in [2.75, 3.05) is 18.5 Å². The highest BCUT2D eigenvalue weighted by molar-refractivity contribution is 7.80. The van der Waals surface area contributed by atoms with E-state index < -0.39 is 11.9 Å². The van der Waals surface area contributed by atoms with Crippen molar-refractivity contribution in [3.05, 3.63) is 23.4 Å². The Morgan fingerprint density at radius 2 is 2.24 bits per heavy atom. The number of rotatable bonds is 4. The largest absolute Gasteiger partial charge is 0.433 e. The van der Waals surface area contributed by atoms with Crippen molar-refractivity contribution < 1.29 is 17.9 Å². The van der Waals surface area contributed by atoms with Gasteiger partial charge in [-0.3, -0.25) is 0 Å². The average Bonchev–Trinajstić information content (AvgIpc) is 2.80. The SMILES string of the molecule is CC1OCCC1CNc1nc(C(F)(F)F)ccc1C(N)=S. The fourth-order valence-corrected chi connectivity index (χ4v) is 2.39. The van der Waals surface area contributed by atoms with E-state index >= 15 is 0 Å². The first kappa shape index (κ1) is 16.0. The van der Waals surface area contributed by atoms with E-state index in [1.165, 1.54) is 6.07 Å². The fourth-order valence-electron chi connectivity index (χ4n) is 2.22. The molecular weight excluding hydrogens is 303 g/mol. The summed E-state index contributed by atoms with van der Waals surface area (Å²) in [5.41, 5.74) is 4.87. The van der Waals surface area contributed by atoms with Gasteiger partial charge in [0, 0.05) is 19.1 Å². The van der Waals surface area contributed by atoms with Gasteiger partial charge in [-0.1, -0.05) is 12.2 Å². The molecule has 4 nitrogen and oxygen atoms in total. The van der Waals surface area contributed by atoms with Gasteiger partial charge < -0.3 is 15.8 Å². The summed E-state index contributed by atoms with van der Waals surface area (Å²) in [6, 6.07) is 2.12. The van der Waals surface area contributed by atoms with Crippen LogP contribution in [0.1, 0.15) is 24.6 Å². The normalized spacial score (nSPS) is 22.3. The maximum absolute atomic E-state index is 12.7. The van der Waals surface area contributed by atoms with Gasteiger partial charge in [-0.25, -0.2) is 4.98 Å². The molecule has 1 aliphatic rings. The second kappa shape index (κ2) is 6.15. The summed E-state index contributed by atoms with van der Waals surface area (Å²) in [5, 5.41) is 2.92. The first-order chi connectivity index (χ1) is 9.79. The Kier molecular flexibility index (Phi) is 4.67. The van der Waals surface area contributed by atoms with Crippen molar-refractivity contribution in [1.29, 1.82) is 0 Å². The van der Waals surface area contributed by atoms with Crippen LogP contribution in [0.15, 0.2) is 12.1 Å². The average molecular weight is 319 g/mol. The number of nitrogens with one attached hydrogen (secondary N) is 1. The van der Waals surface area contributed by atoms with E-state index in [0.717, 1.165) is 12.5 Å². The zero-order valence-electron chi connectivity index (χ0n) is 11.4. The molecule has 1 aromatic rings. The Morgan fingerprint density at radius 3 is 2.76 bits per heavy atom. The van der Waals surface area contributed by atoms with Crippen molar-refractivity contribution in [3.8, 4) is 0 Å². The minimum atomic E-state index is -4.51. The lowest BCUT2D eigenvalue weighted by atomic mass is 10.0. The molecule has 0 bridgehead atoms. The standard InChI is InChI=1S/C13H16F3N3OS/c1-7-8(4-5-20-7)6-18-12-9(11(17)21)2-3-10(19-12)13(14,15)16/h2-3,7-8H,4-6H2,1H3,(H2,17,21)(H,18,19). The Balaban J connectivity index is 2.20. The quantitative estimate of drug-likeness (QED) is 0.835. The van der Waals surface area contributed by atoms with Crippen LogP contribution in [0.3, 0.4) is 0 Å². The third kappa shape index (κ3) is 3.82.